The van der Waals surface area contributed by atoms with Gasteiger partial charge in [-0.1, -0.05) is 25.8 Å². The van der Waals surface area contributed by atoms with E-state index < -0.39 is 16.1 Å². The number of hydrogen-bond donors (Lipinski definition) is 1. The van der Waals surface area contributed by atoms with Gasteiger partial charge >= 0.3 is 0 Å². The first-order valence-electron chi connectivity index (χ1n) is 9.12. The maximum absolute atomic E-state index is 12.9. The number of ether oxygens (including phenoxy) is 2. The number of rotatable bonds is 7. The Bertz CT molecular complexity index is 765. The zero-order chi connectivity index (χ0) is 18.7. The van der Waals surface area contributed by atoms with Gasteiger partial charge in [-0.15, -0.1) is 0 Å². The zero-order valence-electron chi connectivity index (χ0n) is 15.2. The molecule has 2 aliphatic rings. The van der Waals surface area contributed by atoms with Crippen molar-refractivity contribution < 1.29 is 22.7 Å². The third kappa shape index (κ3) is 3.96. The van der Waals surface area contributed by atoms with Crippen LogP contribution in [-0.2, 0) is 14.8 Å². The molecule has 0 saturated carbocycles. The van der Waals surface area contributed by atoms with Gasteiger partial charge in [0.2, 0.25) is 22.7 Å². The number of carbonyl (C=O) groups is 1. The SMILES string of the molecule is CCCC[C@H](C(=O)N[C@@H](C)c1ccc2c(c1)OCO2)N1CCCS1(=O)=O. The Kier molecular flexibility index (Phi) is 5.72. The Balaban J connectivity index is 1.72. The third-order valence-electron chi connectivity index (χ3n) is 4.87. The minimum absolute atomic E-state index is 0.126. The van der Waals surface area contributed by atoms with E-state index in [4.69, 9.17) is 9.47 Å². The monoisotopic (exact) mass is 382 g/mol. The molecule has 7 nitrogen and oxygen atoms in total. The van der Waals surface area contributed by atoms with Gasteiger partial charge in [0.15, 0.2) is 11.5 Å². The van der Waals surface area contributed by atoms with Crippen molar-refractivity contribution in [3.8, 4) is 11.5 Å². The number of carbonyl (C=O) groups excluding carboxylic acids is 1. The fourth-order valence-corrected chi connectivity index (χ4v) is 5.11. The van der Waals surface area contributed by atoms with E-state index in [1.807, 2.05) is 32.0 Å². The van der Waals surface area contributed by atoms with E-state index in [-0.39, 0.29) is 24.5 Å². The van der Waals surface area contributed by atoms with E-state index in [0.29, 0.717) is 30.9 Å². The number of benzene rings is 1. The van der Waals surface area contributed by atoms with Gasteiger partial charge in [0.05, 0.1) is 11.8 Å². The molecule has 3 rings (SSSR count). The van der Waals surface area contributed by atoms with E-state index in [2.05, 4.69) is 5.32 Å². The minimum Gasteiger partial charge on any atom is -0.454 e. The summed E-state index contributed by atoms with van der Waals surface area (Å²) in [6, 6.07) is 4.65. The molecule has 0 aromatic heterocycles. The van der Waals surface area contributed by atoms with Gasteiger partial charge in [0.25, 0.3) is 0 Å². The van der Waals surface area contributed by atoms with Gasteiger partial charge in [-0.05, 0) is 37.5 Å². The molecule has 0 spiro atoms. The standard InChI is InChI=1S/C18H26N2O5S/c1-3-4-6-15(20-9-5-10-26(20,22)23)18(21)19-13(2)14-7-8-16-17(11-14)25-12-24-16/h7-8,11,13,15H,3-6,9-10,12H2,1-2H3,(H,19,21)/t13-,15+/m0/s1. The summed E-state index contributed by atoms with van der Waals surface area (Å²) < 4.78 is 36.6. The Morgan fingerprint density at radius 3 is 2.77 bits per heavy atom. The summed E-state index contributed by atoms with van der Waals surface area (Å²) in [5.74, 6) is 1.24. The summed E-state index contributed by atoms with van der Waals surface area (Å²) in [6.07, 6.45) is 2.84. The molecule has 0 radical (unpaired) electrons. The zero-order valence-corrected chi connectivity index (χ0v) is 16.0. The first-order chi connectivity index (χ1) is 12.4. The molecule has 1 N–H and O–H groups in total. The molecule has 26 heavy (non-hydrogen) atoms. The van der Waals surface area contributed by atoms with Gasteiger partial charge in [-0.2, -0.15) is 4.31 Å². The van der Waals surface area contributed by atoms with Crippen molar-refractivity contribution in [2.24, 2.45) is 0 Å². The molecule has 0 bridgehead atoms. The van der Waals surface area contributed by atoms with Crippen molar-refractivity contribution in [2.75, 3.05) is 19.1 Å². The van der Waals surface area contributed by atoms with Crippen molar-refractivity contribution in [2.45, 2.75) is 51.6 Å². The number of nitrogens with zero attached hydrogens (tertiary/aromatic N) is 1. The molecule has 1 saturated heterocycles. The molecule has 1 fully saturated rings. The number of amides is 1. The van der Waals surface area contributed by atoms with Gasteiger partial charge in [0.1, 0.15) is 6.04 Å². The van der Waals surface area contributed by atoms with Crippen molar-refractivity contribution in [3.63, 3.8) is 0 Å². The topological polar surface area (TPSA) is 84.9 Å². The second kappa shape index (κ2) is 7.84. The average Bonchev–Trinajstić information content (AvgIpc) is 3.20. The molecule has 2 aliphatic heterocycles. The number of hydrogen-bond acceptors (Lipinski definition) is 5. The minimum atomic E-state index is -3.33. The van der Waals surface area contributed by atoms with Crippen LogP contribution < -0.4 is 14.8 Å². The Hall–Kier alpha value is -1.80. The second-order valence-electron chi connectivity index (χ2n) is 6.78. The fraction of sp³-hybridized carbons (Fsp3) is 0.611. The Labute approximate surface area is 154 Å². The molecule has 2 heterocycles. The third-order valence-corrected chi connectivity index (χ3v) is 6.83. The number of sulfonamides is 1. The normalized spacial score (nSPS) is 20.7. The van der Waals surface area contributed by atoms with E-state index >= 15 is 0 Å². The summed E-state index contributed by atoms with van der Waals surface area (Å²) in [7, 11) is -3.33. The number of nitrogens with one attached hydrogen (secondary N) is 1. The summed E-state index contributed by atoms with van der Waals surface area (Å²) in [4.78, 5) is 12.9. The smallest absolute Gasteiger partial charge is 0.238 e. The van der Waals surface area contributed by atoms with E-state index in [1.165, 1.54) is 4.31 Å². The lowest BCUT2D eigenvalue weighted by molar-refractivity contribution is -0.125. The quantitative estimate of drug-likeness (QED) is 0.781. The van der Waals surface area contributed by atoms with E-state index in [0.717, 1.165) is 18.4 Å². The van der Waals surface area contributed by atoms with Gasteiger partial charge < -0.3 is 14.8 Å². The van der Waals surface area contributed by atoms with E-state index in [1.54, 1.807) is 0 Å². The van der Waals surface area contributed by atoms with Crippen molar-refractivity contribution in [1.29, 1.82) is 0 Å². The van der Waals surface area contributed by atoms with Crippen LogP contribution in [0.15, 0.2) is 18.2 Å². The lowest BCUT2D eigenvalue weighted by atomic mass is 10.1. The summed E-state index contributed by atoms with van der Waals surface area (Å²) >= 11 is 0. The molecular formula is C18H26N2O5S. The van der Waals surface area contributed by atoms with Crippen molar-refractivity contribution >= 4 is 15.9 Å². The number of unbranched alkanes of at least 4 members (excludes halogenated alkanes) is 1. The van der Waals surface area contributed by atoms with Gasteiger partial charge in [-0.25, -0.2) is 8.42 Å². The predicted octanol–water partition coefficient (Wildman–Crippen LogP) is 2.19. The van der Waals surface area contributed by atoms with Gasteiger partial charge in [0, 0.05) is 6.54 Å². The summed E-state index contributed by atoms with van der Waals surface area (Å²) in [6.45, 7) is 4.53. The maximum atomic E-state index is 12.9. The average molecular weight is 382 g/mol. The lowest BCUT2D eigenvalue weighted by Crippen LogP contribution is -2.48. The summed E-state index contributed by atoms with van der Waals surface area (Å²) in [5.41, 5.74) is 0.890. The van der Waals surface area contributed by atoms with Crippen LogP contribution in [0.2, 0.25) is 0 Å². The van der Waals surface area contributed by atoms with Crippen molar-refractivity contribution in [1.82, 2.24) is 9.62 Å². The first kappa shape index (κ1) is 19.0. The van der Waals surface area contributed by atoms with Gasteiger partial charge in [-0.3, -0.25) is 4.79 Å². The van der Waals surface area contributed by atoms with Crippen LogP contribution in [0.1, 0.15) is 51.1 Å². The molecule has 0 unspecified atom stereocenters. The molecule has 1 aromatic rings. The second-order valence-corrected chi connectivity index (χ2v) is 8.82. The van der Waals surface area contributed by atoms with E-state index in [9.17, 15) is 13.2 Å². The molecule has 2 atom stereocenters. The highest BCUT2D eigenvalue weighted by Gasteiger charge is 2.38. The molecule has 0 aliphatic carbocycles. The Morgan fingerprint density at radius 1 is 1.31 bits per heavy atom. The molecule has 1 amide bonds. The van der Waals surface area contributed by atoms with Crippen LogP contribution in [0.3, 0.4) is 0 Å². The molecular weight excluding hydrogens is 356 g/mol. The highest BCUT2D eigenvalue weighted by atomic mass is 32.2. The predicted molar refractivity (Wildman–Crippen MR) is 97.5 cm³/mol. The highest BCUT2D eigenvalue weighted by Crippen LogP contribution is 2.34. The highest BCUT2D eigenvalue weighted by molar-refractivity contribution is 7.89. The Morgan fingerprint density at radius 2 is 2.08 bits per heavy atom. The molecule has 1 aromatic carbocycles. The lowest BCUT2D eigenvalue weighted by Gasteiger charge is -2.27. The summed E-state index contributed by atoms with van der Waals surface area (Å²) in [5, 5.41) is 2.97. The largest absolute Gasteiger partial charge is 0.454 e. The van der Waals surface area contributed by atoms with Crippen LogP contribution in [0.5, 0.6) is 11.5 Å². The van der Waals surface area contributed by atoms with Crippen LogP contribution in [-0.4, -0.2) is 43.8 Å². The number of fused-ring (bicyclic) bond motifs is 1. The van der Waals surface area contributed by atoms with Crippen molar-refractivity contribution in [3.05, 3.63) is 23.8 Å². The first-order valence-corrected chi connectivity index (χ1v) is 10.7. The van der Waals surface area contributed by atoms with Crippen LogP contribution in [0, 0.1) is 0 Å². The molecule has 144 valence electrons. The van der Waals surface area contributed by atoms with Crippen LogP contribution in [0.25, 0.3) is 0 Å². The maximum Gasteiger partial charge on any atom is 0.238 e. The van der Waals surface area contributed by atoms with Crippen LogP contribution in [0.4, 0.5) is 0 Å². The van der Waals surface area contributed by atoms with Crippen LogP contribution >= 0.6 is 0 Å². The fourth-order valence-electron chi connectivity index (χ4n) is 3.39. The molecule has 8 heteroatoms.